The Bertz CT molecular complexity index is 592. The fraction of sp³-hybridized carbons (Fsp3) is 0.733. The summed E-state index contributed by atoms with van der Waals surface area (Å²) in [6, 6.07) is 0. The summed E-state index contributed by atoms with van der Waals surface area (Å²) in [5.74, 6) is -3.27. The molecular weight excluding hydrogens is 429 g/mol. The molecule has 27 heavy (non-hydrogen) atoms. The van der Waals surface area contributed by atoms with Crippen LogP contribution < -0.4 is 0 Å². The maximum atomic E-state index is 11.5. The van der Waals surface area contributed by atoms with Crippen LogP contribution in [0.4, 0.5) is 0 Å². The number of nitrogens with one attached hydrogen (secondary N) is 1. The quantitative estimate of drug-likeness (QED) is 0.223. The minimum absolute atomic E-state index is 0.272. The highest BCUT2D eigenvalue weighted by Crippen LogP contribution is 2.34. The Morgan fingerprint density at radius 2 is 1.48 bits per heavy atom. The van der Waals surface area contributed by atoms with E-state index in [0.717, 1.165) is 6.92 Å². The van der Waals surface area contributed by atoms with Crippen molar-refractivity contribution in [1.29, 1.82) is 5.41 Å². The normalized spacial score (nSPS) is 28.0. The standard InChI is InChI=1S/C15H20Cl3NO8/c1-6-11(24-8(3)21)10(5-23-7(2)20)26-13(12(6)25-9(4)22)27-14(19)15(16,17)18/h6,10-13,19H,5H2,1-4H3/t6-,10?,11+,12?,13?/m0/s1. The van der Waals surface area contributed by atoms with Crippen LogP contribution in [-0.4, -0.2) is 58.8 Å². The van der Waals surface area contributed by atoms with Gasteiger partial charge in [0.2, 0.25) is 12.2 Å². The van der Waals surface area contributed by atoms with E-state index in [9.17, 15) is 14.4 Å². The van der Waals surface area contributed by atoms with E-state index in [1.165, 1.54) is 13.8 Å². The van der Waals surface area contributed by atoms with E-state index >= 15 is 0 Å². The van der Waals surface area contributed by atoms with E-state index < -0.39 is 58.1 Å². The molecule has 0 aromatic rings. The van der Waals surface area contributed by atoms with Gasteiger partial charge in [-0.3, -0.25) is 19.8 Å². The van der Waals surface area contributed by atoms with Crippen molar-refractivity contribution in [2.75, 3.05) is 6.61 Å². The lowest BCUT2D eigenvalue weighted by atomic mass is 9.90. The summed E-state index contributed by atoms with van der Waals surface area (Å²) < 4.78 is 24.1. The molecule has 0 amide bonds. The Balaban J connectivity index is 3.13. The smallest absolute Gasteiger partial charge is 0.303 e. The molecule has 9 nitrogen and oxygen atoms in total. The number of esters is 3. The molecule has 0 radical (unpaired) electrons. The number of carbonyl (C=O) groups is 3. The number of rotatable bonds is 5. The van der Waals surface area contributed by atoms with Gasteiger partial charge < -0.3 is 23.7 Å². The zero-order valence-corrected chi connectivity index (χ0v) is 17.3. The minimum Gasteiger partial charge on any atom is -0.463 e. The number of ether oxygens (including phenoxy) is 5. The molecule has 0 saturated carbocycles. The van der Waals surface area contributed by atoms with Gasteiger partial charge in [0.15, 0.2) is 6.10 Å². The van der Waals surface area contributed by atoms with Crippen LogP contribution in [-0.2, 0) is 38.1 Å². The summed E-state index contributed by atoms with van der Waals surface area (Å²) in [5.41, 5.74) is 0. The predicted octanol–water partition coefficient (Wildman–Crippen LogP) is 2.14. The summed E-state index contributed by atoms with van der Waals surface area (Å²) in [6.07, 6.45) is -4.34. The van der Waals surface area contributed by atoms with Crippen molar-refractivity contribution >= 4 is 58.6 Å². The molecule has 0 aromatic carbocycles. The Kier molecular flexibility index (Phi) is 8.59. The van der Waals surface area contributed by atoms with E-state index in [2.05, 4.69) is 0 Å². The molecule has 0 aliphatic carbocycles. The van der Waals surface area contributed by atoms with Crippen LogP contribution in [0, 0.1) is 11.3 Å². The lowest BCUT2D eigenvalue weighted by molar-refractivity contribution is -0.275. The van der Waals surface area contributed by atoms with Crippen LogP contribution in [0.1, 0.15) is 27.7 Å². The molecule has 154 valence electrons. The fourth-order valence-corrected chi connectivity index (χ4v) is 2.57. The lowest BCUT2D eigenvalue weighted by Gasteiger charge is -2.43. The highest BCUT2D eigenvalue weighted by molar-refractivity contribution is 6.76. The summed E-state index contributed by atoms with van der Waals surface area (Å²) in [5, 5.41) is 7.70. The zero-order valence-electron chi connectivity index (χ0n) is 15.0. The molecule has 12 heteroatoms. The summed E-state index contributed by atoms with van der Waals surface area (Å²) in [7, 11) is 0. The van der Waals surface area contributed by atoms with Gasteiger partial charge in [0.25, 0.3) is 3.79 Å². The number of carbonyl (C=O) groups excluding carboxylic acids is 3. The second-order valence-electron chi connectivity index (χ2n) is 5.80. The van der Waals surface area contributed by atoms with Gasteiger partial charge in [0, 0.05) is 26.7 Å². The number of alkyl halides is 3. The Morgan fingerprint density at radius 1 is 0.963 bits per heavy atom. The fourth-order valence-electron chi connectivity index (χ4n) is 2.44. The van der Waals surface area contributed by atoms with Crippen LogP contribution in [0.2, 0.25) is 0 Å². The molecule has 0 bridgehead atoms. The summed E-state index contributed by atoms with van der Waals surface area (Å²) >= 11 is 16.8. The first-order valence-electron chi connectivity index (χ1n) is 7.78. The van der Waals surface area contributed by atoms with E-state index in [1.54, 1.807) is 6.92 Å². The first kappa shape index (κ1) is 23.7. The maximum absolute atomic E-state index is 11.5. The SMILES string of the molecule is CC(=O)OCC1OC(OC(=N)C(Cl)(Cl)Cl)C(OC(C)=O)[C@@H](C)[C@H]1OC(C)=O. The molecule has 1 aliphatic heterocycles. The number of hydrogen-bond acceptors (Lipinski definition) is 9. The van der Waals surface area contributed by atoms with Gasteiger partial charge in [-0.15, -0.1) is 0 Å². The third-order valence-electron chi connectivity index (χ3n) is 3.53. The second kappa shape index (κ2) is 9.77. The molecule has 5 atom stereocenters. The van der Waals surface area contributed by atoms with Crippen LogP contribution in [0.15, 0.2) is 0 Å². The molecule has 0 spiro atoms. The molecule has 1 heterocycles. The lowest BCUT2D eigenvalue weighted by Crippen LogP contribution is -2.58. The molecule has 1 saturated heterocycles. The Hall–Kier alpha value is -1.29. The van der Waals surface area contributed by atoms with E-state index in [1.807, 2.05) is 0 Å². The first-order valence-corrected chi connectivity index (χ1v) is 8.92. The zero-order chi connectivity index (χ0) is 20.9. The van der Waals surface area contributed by atoms with Crippen molar-refractivity contribution < 1.29 is 38.1 Å². The molecular formula is C15H20Cl3NO8. The van der Waals surface area contributed by atoms with Gasteiger partial charge in [0.05, 0.1) is 0 Å². The van der Waals surface area contributed by atoms with Crippen molar-refractivity contribution in [1.82, 2.24) is 0 Å². The molecule has 1 N–H and O–H groups in total. The van der Waals surface area contributed by atoms with Crippen LogP contribution in [0.3, 0.4) is 0 Å². The van der Waals surface area contributed by atoms with E-state index in [4.69, 9.17) is 63.9 Å². The van der Waals surface area contributed by atoms with Gasteiger partial charge in [-0.1, -0.05) is 41.7 Å². The van der Waals surface area contributed by atoms with E-state index in [0.29, 0.717) is 0 Å². The van der Waals surface area contributed by atoms with Gasteiger partial charge >= 0.3 is 17.9 Å². The molecule has 1 aliphatic rings. The largest absolute Gasteiger partial charge is 0.463 e. The van der Waals surface area contributed by atoms with Crippen molar-refractivity contribution in [3.05, 3.63) is 0 Å². The highest BCUT2D eigenvalue weighted by atomic mass is 35.6. The molecule has 3 unspecified atom stereocenters. The average Bonchev–Trinajstić information content (AvgIpc) is 2.50. The topological polar surface area (TPSA) is 121 Å². The van der Waals surface area contributed by atoms with Crippen molar-refractivity contribution in [2.45, 2.75) is 56.1 Å². The minimum atomic E-state index is -2.18. The molecule has 0 aromatic heterocycles. The van der Waals surface area contributed by atoms with Gasteiger partial charge in [-0.05, 0) is 0 Å². The monoisotopic (exact) mass is 447 g/mol. The van der Waals surface area contributed by atoms with Crippen LogP contribution in [0.25, 0.3) is 0 Å². The predicted molar refractivity (Wildman–Crippen MR) is 94.7 cm³/mol. The first-order chi connectivity index (χ1) is 12.3. The van der Waals surface area contributed by atoms with Crippen molar-refractivity contribution in [2.24, 2.45) is 5.92 Å². The Morgan fingerprint density at radius 3 is 1.93 bits per heavy atom. The van der Waals surface area contributed by atoms with E-state index in [-0.39, 0.29) is 6.61 Å². The van der Waals surface area contributed by atoms with Gasteiger partial charge in [0.1, 0.15) is 18.8 Å². The van der Waals surface area contributed by atoms with Crippen LogP contribution >= 0.6 is 34.8 Å². The third kappa shape index (κ3) is 7.33. The van der Waals surface area contributed by atoms with Crippen LogP contribution in [0.5, 0.6) is 0 Å². The van der Waals surface area contributed by atoms with Gasteiger partial charge in [-0.2, -0.15) is 0 Å². The van der Waals surface area contributed by atoms with Gasteiger partial charge in [-0.25, -0.2) is 0 Å². The summed E-state index contributed by atoms with van der Waals surface area (Å²) in [4.78, 5) is 34.0. The second-order valence-corrected chi connectivity index (χ2v) is 8.08. The Labute approximate surface area is 170 Å². The number of hydrogen-bond donors (Lipinski definition) is 1. The maximum Gasteiger partial charge on any atom is 0.303 e. The molecule has 1 rings (SSSR count). The summed E-state index contributed by atoms with van der Waals surface area (Å²) in [6.45, 7) is 4.89. The molecule has 1 fully saturated rings. The van der Waals surface area contributed by atoms with Crippen molar-refractivity contribution in [3.63, 3.8) is 0 Å². The highest BCUT2D eigenvalue weighted by Gasteiger charge is 2.50. The third-order valence-corrected chi connectivity index (χ3v) is 4.04. The average molecular weight is 449 g/mol. The van der Waals surface area contributed by atoms with Crippen molar-refractivity contribution in [3.8, 4) is 0 Å². The number of halogens is 3.